The topological polar surface area (TPSA) is 35.0 Å². The fourth-order valence-corrected chi connectivity index (χ4v) is 3.16. The molecule has 0 spiro atoms. The van der Waals surface area contributed by atoms with E-state index in [1.54, 1.807) is 11.3 Å². The van der Waals surface area contributed by atoms with Crippen molar-refractivity contribution in [1.82, 2.24) is 9.97 Å². The lowest BCUT2D eigenvalue weighted by atomic mass is 10.2. The van der Waals surface area contributed by atoms with Crippen molar-refractivity contribution >= 4 is 32.5 Å². The Morgan fingerprint density at radius 2 is 1.76 bits per heavy atom. The number of fused-ring (bicyclic) bond motifs is 3. The number of benzene rings is 2. The Labute approximate surface area is 125 Å². The van der Waals surface area contributed by atoms with Crippen molar-refractivity contribution in [3.05, 3.63) is 65.7 Å². The maximum Gasteiger partial charge on any atom is 0.242 e. The second kappa shape index (κ2) is 5.14. The van der Waals surface area contributed by atoms with Gasteiger partial charge in [0.15, 0.2) is 0 Å². The minimum absolute atomic E-state index is 0.499. The van der Waals surface area contributed by atoms with Gasteiger partial charge in [-0.05, 0) is 11.6 Å². The molecule has 4 aromatic rings. The zero-order chi connectivity index (χ0) is 14.1. The number of pyridine rings is 1. The van der Waals surface area contributed by atoms with Gasteiger partial charge < -0.3 is 4.74 Å². The molecule has 0 amide bonds. The van der Waals surface area contributed by atoms with E-state index in [4.69, 9.17) is 4.74 Å². The Balaban J connectivity index is 1.78. The van der Waals surface area contributed by atoms with Crippen LogP contribution in [-0.4, -0.2) is 9.97 Å². The number of rotatable bonds is 3. The van der Waals surface area contributed by atoms with E-state index in [0.717, 1.165) is 26.7 Å². The third kappa shape index (κ3) is 2.23. The fraction of sp³-hybridized carbons (Fsp3) is 0.0588. The molecule has 0 aliphatic rings. The Bertz CT molecular complexity index is 902. The molecule has 0 N–H and O–H groups in total. The molecule has 0 saturated heterocycles. The van der Waals surface area contributed by atoms with Gasteiger partial charge in [-0.3, -0.25) is 0 Å². The van der Waals surface area contributed by atoms with E-state index >= 15 is 0 Å². The van der Waals surface area contributed by atoms with Gasteiger partial charge in [-0.25, -0.2) is 9.97 Å². The molecule has 3 nitrogen and oxygen atoms in total. The average Bonchev–Trinajstić information content (AvgIpc) is 3.04. The summed E-state index contributed by atoms with van der Waals surface area (Å²) in [4.78, 5) is 9.02. The van der Waals surface area contributed by atoms with Gasteiger partial charge in [-0.15, -0.1) is 11.3 Å². The smallest absolute Gasteiger partial charge is 0.242 e. The van der Waals surface area contributed by atoms with Crippen molar-refractivity contribution in [2.75, 3.05) is 0 Å². The molecule has 4 rings (SSSR count). The molecular weight excluding hydrogens is 280 g/mol. The minimum atomic E-state index is 0.499. The number of para-hydroxylation sites is 1. The van der Waals surface area contributed by atoms with E-state index in [9.17, 15) is 0 Å². The van der Waals surface area contributed by atoms with Gasteiger partial charge in [-0.1, -0.05) is 48.5 Å². The van der Waals surface area contributed by atoms with Gasteiger partial charge >= 0.3 is 0 Å². The van der Waals surface area contributed by atoms with Crippen LogP contribution in [0.15, 0.2) is 60.1 Å². The summed E-state index contributed by atoms with van der Waals surface area (Å²) in [6.07, 6.45) is 0. The van der Waals surface area contributed by atoms with Crippen LogP contribution in [0.1, 0.15) is 5.56 Å². The molecule has 0 radical (unpaired) electrons. The summed E-state index contributed by atoms with van der Waals surface area (Å²) in [5.41, 5.74) is 4.75. The molecule has 0 atom stereocenters. The second-order valence-corrected chi connectivity index (χ2v) is 5.59. The van der Waals surface area contributed by atoms with Crippen molar-refractivity contribution < 1.29 is 4.74 Å². The number of nitrogens with zero attached hydrogens (tertiary/aromatic N) is 2. The van der Waals surface area contributed by atoms with Crippen LogP contribution < -0.4 is 4.74 Å². The van der Waals surface area contributed by atoms with Gasteiger partial charge in [0.25, 0.3) is 0 Å². The second-order valence-electron chi connectivity index (χ2n) is 4.74. The van der Waals surface area contributed by atoms with Crippen LogP contribution in [0.2, 0.25) is 0 Å². The fourth-order valence-electron chi connectivity index (χ4n) is 2.34. The van der Waals surface area contributed by atoms with Gasteiger partial charge in [-0.2, -0.15) is 0 Å². The van der Waals surface area contributed by atoms with E-state index in [1.807, 2.05) is 54.0 Å². The van der Waals surface area contributed by atoms with Crippen LogP contribution in [0.5, 0.6) is 5.88 Å². The molecule has 0 bridgehead atoms. The van der Waals surface area contributed by atoms with Crippen LogP contribution in [0.4, 0.5) is 0 Å². The number of ether oxygens (including phenoxy) is 1. The summed E-state index contributed by atoms with van der Waals surface area (Å²) >= 11 is 1.62. The van der Waals surface area contributed by atoms with Crippen LogP contribution in [-0.2, 0) is 6.61 Å². The summed E-state index contributed by atoms with van der Waals surface area (Å²) in [5, 5.41) is 1.13. The quantitative estimate of drug-likeness (QED) is 0.560. The molecule has 2 heterocycles. The maximum atomic E-state index is 5.90. The Morgan fingerprint density at radius 3 is 2.67 bits per heavy atom. The molecule has 0 saturated carbocycles. The lowest BCUT2D eigenvalue weighted by Crippen LogP contribution is -1.98. The first-order valence-corrected chi connectivity index (χ1v) is 7.58. The standard InChI is InChI=1S/C17H12N2OS/c1-2-6-12(7-3-1)10-20-17-15-16(21-11-18-15)13-8-4-5-9-14(13)19-17/h1-9,11H,10H2. The SMILES string of the molecule is c1ccc(COc2nc3ccccc3c3scnc23)cc1. The van der Waals surface area contributed by atoms with Gasteiger partial charge in [0.2, 0.25) is 5.88 Å². The summed E-state index contributed by atoms with van der Waals surface area (Å²) < 4.78 is 7.03. The third-order valence-corrected chi connectivity index (χ3v) is 4.22. The van der Waals surface area contributed by atoms with Crippen LogP contribution in [0.25, 0.3) is 21.1 Å². The molecule has 0 aliphatic heterocycles. The molecule has 0 aliphatic carbocycles. The van der Waals surface area contributed by atoms with Crippen molar-refractivity contribution in [3.8, 4) is 5.88 Å². The van der Waals surface area contributed by atoms with Gasteiger partial charge in [0.05, 0.1) is 15.7 Å². The molecule has 2 aromatic heterocycles. The van der Waals surface area contributed by atoms with Crippen LogP contribution >= 0.6 is 11.3 Å². The van der Waals surface area contributed by atoms with Gasteiger partial charge in [0, 0.05) is 5.39 Å². The summed E-state index contributed by atoms with van der Waals surface area (Å²) in [6, 6.07) is 18.2. The molecule has 102 valence electrons. The molecule has 4 heteroatoms. The lowest BCUT2D eigenvalue weighted by molar-refractivity contribution is 0.298. The molecule has 2 aromatic carbocycles. The van der Waals surface area contributed by atoms with Crippen molar-refractivity contribution in [3.63, 3.8) is 0 Å². The van der Waals surface area contributed by atoms with E-state index in [-0.39, 0.29) is 0 Å². The Kier molecular flexibility index (Phi) is 3.01. The molecule has 21 heavy (non-hydrogen) atoms. The first-order chi connectivity index (χ1) is 10.4. The molecular formula is C17H12N2OS. The first-order valence-electron chi connectivity index (χ1n) is 6.70. The molecule has 0 unspecified atom stereocenters. The van der Waals surface area contributed by atoms with E-state index in [1.165, 1.54) is 0 Å². The third-order valence-electron chi connectivity index (χ3n) is 3.36. The Morgan fingerprint density at radius 1 is 0.952 bits per heavy atom. The summed E-state index contributed by atoms with van der Waals surface area (Å²) in [6.45, 7) is 0.499. The Hall–Kier alpha value is -2.46. The van der Waals surface area contributed by atoms with E-state index < -0.39 is 0 Å². The van der Waals surface area contributed by atoms with Gasteiger partial charge in [0.1, 0.15) is 12.1 Å². The largest absolute Gasteiger partial charge is 0.471 e. The lowest BCUT2D eigenvalue weighted by Gasteiger charge is -2.07. The number of thiazole rings is 1. The zero-order valence-electron chi connectivity index (χ0n) is 11.2. The van der Waals surface area contributed by atoms with Crippen LogP contribution in [0, 0.1) is 0 Å². The van der Waals surface area contributed by atoms with Crippen molar-refractivity contribution in [1.29, 1.82) is 0 Å². The van der Waals surface area contributed by atoms with Crippen molar-refractivity contribution in [2.45, 2.75) is 6.61 Å². The normalized spacial score (nSPS) is 11.0. The van der Waals surface area contributed by atoms with E-state index in [2.05, 4.69) is 16.0 Å². The number of aromatic nitrogens is 2. The zero-order valence-corrected chi connectivity index (χ0v) is 12.0. The summed E-state index contributed by atoms with van der Waals surface area (Å²) in [7, 11) is 0. The first kappa shape index (κ1) is 12.3. The highest BCUT2D eigenvalue weighted by atomic mass is 32.1. The highest BCUT2D eigenvalue weighted by molar-refractivity contribution is 7.17. The average molecular weight is 292 g/mol. The minimum Gasteiger partial charge on any atom is -0.471 e. The predicted molar refractivity (Wildman–Crippen MR) is 85.7 cm³/mol. The van der Waals surface area contributed by atoms with Crippen LogP contribution in [0.3, 0.4) is 0 Å². The highest BCUT2D eigenvalue weighted by Crippen LogP contribution is 2.32. The predicted octanol–water partition coefficient (Wildman–Crippen LogP) is 4.42. The van der Waals surface area contributed by atoms with E-state index in [0.29, 0.717) is 12.5 Å². The maximum absolute atomic E-state index is 5.90. The number of hydrogen-bond donors (Lipinski definition) is 0. The highest BCUT2D eigenvalue weighted by Gasteiger charge is 2.11. The number of hydrogen-bond acceptors (Lipinski definition) is 4. The molecule has 0 fully saturated rings. The summed E-state index contributed by atoms with van der Waals surface area (Å²) in [5.74, 6) is 0.605. The monoisotopic (exact) mass is 292 g/mol. The van der Waals surface area contributed by atoms with Crippen molar-refractivity contribution in [2.24, 2.45) is 0 Å².